The standard InChI is InChI=1S/C37H47N5S/c1-9-23-20-33-27(13-5)31-17-16-29(39-31)26(12-4)30-18-19-32(40-30)28(14-6)36-24(10-2)25(11-3)37(42(36)15-7)34(35(23)41-33)22(8)38-21-43/h16-20,22,39-41H,9-15H2,1-8H3. The fraction of sp³-hybridized carbons (Fsp3) is 0.432. The molecule has 4 aromatic heterocycles. The SMILES string of the molecule is CCC1=c2ccc([nH]2)=C(CC)c2cc(CC)c([nH]2)C(C(C)N=C=S)=c2c(CC)c(CC)c(n2CC)=C(CC)c2ccc1[nH]2. The highest BCUT2D eigenvalue weighted by Gasteiger charge is 2.25. The van der Waals surface area contributed by atoms with Gasteiger partial charge in [0.05, 0.1) is 16.6 Å². The van der Waals surface area contributed by atoms with Crippen molar-refractivity contribution in [3.8, 4) is 0 Å². The van der Waals surface area contributed by atoms with E-state index in [0.29, 0.717) is 0 Å². The first-order valence-electron chi connectivity index (χ1n) is 16.3. The van der Waals surface area contributed by atoms with E-state index in [-0.39, 0.29) is 6.04 Å². The molecule has 0 spiro atoms. The van der Waals surface area contributed by atoms with Gasteiger partial charge in [0.15, 0.2) is 0 Å². The Morgan fingerprint density at radius 2 is 1.28 bits per heavy atom. The van der Waals surface area contributed by atoms with Crippen molar-refractivity contribution in [2.24, 2.45) is 4.99 Å². The van der Waals surface area contributed by atoms with Gasteiger partial charge in [-0.15, -0.1) is 0 Å². The molecule has 0 aliphatic carbocycles. The van der Waals surface area contributed by atoms with E-state index in [1.807, 2.05) is 0 Å². The molecule has 1 aliphatic rings. The van der Waals surface area contributed by atoms with Gasteiger partial charge in [-0.25, -0.2) is 4.99 Å². The summed E-state index contributed by atoms with van der Waals surface area (Å²) in [5, 5.41) is 7.68. The first kappa shape index (κ1) is 30.8. The summed E-state index contributed by atoms with van der Waals surface area (Å²) in [4.78, 5) is 16.3. The monoisotopic (exact) mass is 593 g/mol. The third-order valence-electron chi connectivity index (χ3n) is 9.31. The molecule has 0 amide bonds. The summed E-state index contributed by atoms with van der Waals surface area (Å²) in [7, 11) is 0. The average Bonchev–Trinajstić information content (AvgIpc) is 3.81. The fourth-order valence-electron chi connectivity index (χ4n) is 7.33. The number of hydrogen-bond acceptors (Lipinski definition) is 2. The van der Waals surface area contributed by atoms with Crippen LogP contribution in [0.2, 0.25) is 0 Å². The molecule has 6 heteroatoms. The van der Waals surface area contributed by atoms with E-state index in [4.69, 9.17) is 17.2 Å². The molecule has 5 nitrogen and oxygen atoms in total. The van der Waals surface area contributed by atoms with Gasteiger partial charge in [-0.05, 0) is 128 Å². The topological polar surface area (TPSA) is 64.7 Å². The van der Waals surface area contributed by atoms with Gasteiger partial charge in [0.2, 0.25) is 0 Å². The number of nitrogens with one attached hydrogen (secondary N) is 3. The zero-order chi connectivity index (χ0) is 30.8. The number of H-pyrrole nitrogens is 3. The summed E-state index contributed by atoms with van der Waals surface area (Å²) in [6.45, 7) is 18.9. The second-order valence-corrected chi connectivity index (χ2v) is 11.6. The van der Waals surface area contributed by atoms with E-state index in [0.717, 1.165) is 56.1 Å². The summed E-state index contributed by atoms with van der Waals surface area (Å²) in [6, 6.07) is 11.2. The molecular formula is C37H47N5S. The number of nitrogens with zero attached hydrogens (tertiary/aromatic N) is 2. The molecule has 0 aromatic carbocycles. The van der Waals surface area contributed by atoms with Crippen molar-refractivity contribution in [3.63, 3.8) is 0 Å². The largest absolute Gasteiger partial charge is 0.355 e. The van der Waals surface area contributed by atoms with Crippen LogP contribution in [0.15, 0.2) is 35.3 Å². The highest BCUT2D eigenvalue weighted by Crippen LogP contribution is 2.28. The molecule has 0 radical (unpaired) electrons. The minimum absolute atomic E-state index is 0.151. The number of hydrogen-bond donors (Lipinski definition) is 3. The maximum Gasteiger partial charge on any atom is 0.0864 e. The highest BCUT2D eigenvalue weighted by atomic mass is 32.1. The Morgan fingerprint density at radius 1 is 0.698 bits per heavy atom. The number of isothiocyanates is 1. The lowest BCUT2D eigenvalue weighted by Crippen LogP contribution is -2.33. The van der Waals surface area contributed by atoms with E-state index in [2.05, 4.69) is 110 Å². The highest BCUT2D eigenvalue weighted by molar-refractivity contribution is 7.78. The molecule has 8 bridgehead atoms. The molecule has 0 fully saturated rings. The van der Waals surface area contributed by atoms with Crippen LogP contribution in [-0.2, 0) is 25.8 Å². The molecule has 4 aromatic rings. The molecular weight excluding hydrogens is 547 g/mol. The molecule has 43 heavy (non-hydrogen) atoms. The predicted octanol–water partition coefficient (Wildman–Crippen LogP) is 6.01. The van der Waals surface area contributed by atoms with Crippen molar-refractivity contribution >= 4 is 39.7 Å². The molecule has 226 valence electrons. The quantitative estimate of drug-likeness (QED) is 0.162. The molecule has 1 aliphatic heterocycles. The predicted molar refractivity (Wildman–Crippen MR) is 185 cm³/mol. The lowest BCUT2D eigenvalue weighted by atomic mass is 9.96. The number of aromatic nitrogens is 4. The number of aryl methyl sites for hydroxylation is 1. The van der Waals surface area contributed by atoms with Crippen LogP contribution in [0, 0.1) is 0 Å². The summed E-state index contributed by atoms with van der Waals surface area (Å²) in [5.74, 6) is 0. The van der Waals surface area contributed by atoms with Gasteiger partial charge in [0.1, 0.15) is 0 Å². The number of aliphatic imine (C=N–C) groups is 1. The van der Waals surface area contributed by atoms with Crippen molar-refractivity contribution in [1.82, 2.24) is 19.5 Å². The minimum Gasteiger partial charge on any atom is -0.355 e. The fourth-order valence-corrected chi connectivity index (χ4v) is 7.49. The molecule has 1 atom stereocenters. The van der Waals surface area contributed by atoms with E-state index >= 15 is 0 Å². The van der Waals surface area contributed by atoms with Gasteiger partial charge in [-0.2, -0.15) is 0 Å². The van der Waals surface area contributed by atoms with Crippen molar-refractivity contribution < 1.29 is 0 Å². The normalized spacial score (nSPS) is 14.0. The summed E-state index contributed by atoms with van der Waals surface area (Å²) < 4.78 is 2.57. The third-order valence-corrected chi connectivity index (χ3v) is 9.42. The third kappa shape index (κ3) is 5.15. The second kappa shape index (κ2) is 13.0. The molecule has 0 saturated carbocycles. The van der Waals surface area contributed by atoms with E-state index in [9.17, 15) is 0 Å². The average molecular weight is 594 g/mol. The van der Waals surface area contributed by atoms with Crippen LogP contribution in [0.1, 0.15) is 114 Å². The first-order valence-corrected chi connectivity index (χ1v) is 16.7. The zero-order valence-corrected chi connectivity index (χ0v) is 28.0. The molecule has 0 saturated heterocycles. The van der Waals surface area contributed by atoms with Gasteiger partial charge in [0.25, 0.3) is 0 Å². The summed E-state index contributed by atoms with van der Waals surface area (Å²) >= 11 is 5.19. The van der Waals surface area contributed by atoms with Gasteiger partial charge in [0, 0.05) is 50.9 Å². The second-order valence-electron chi connectivity index (χ2n) is 11.4. The summed E-state index contributed by atoms with van der Waals surface area (Å²) in [6.07, 6.45) is 5.60. The van der Waals surface area contributed by atoms with Crippen LogP contribution < -0.4 is 21.4 Å². The first-order chi connectivity index (χ1) is 20.9. The zero-order valence-electron chi connectivity index (χ0n) is 27.2. The Hall–Kier alpha value is -3.60. The van der Waals surface area contributed by atoms with Crippen molar-refractivity contribution in [3.05, 3.63) is 91.2 Å². The van der Waals surface area contributed by atoms with Crippen LogP contribution in [0.3, 0.4) is 0 Å². The van der Waals surface area contributed by atoms with Crippen molar-refractivity contribution in [1.29, 1.82) is 0 Å². The van der Waals surface area contributed by atoms with E-state index < -0.39 is 0 Å². The molecule has 5 heterocycles. The Balaban J connectivity index is 2.14. The maximum absolute atomic E-state index is 5.19. The number of aromatic amines is 3. The Bertz CT molecular complexity index is 1950. The lowest BCUT2D eigenvalue weighted by molar-refractivity contribution is 0.705. The van der Waals surface area contributed by atoms with Crippen molar-refractivity contribution in [2.45, 2.75) is 107 Å². The van der Waals surface area contributed by atoms with Crippen LogP contribution in [0.5, 0.6) is 0 Å². The van der Waals surface area contributed by atoms with E-state index in [1.165, 1.54) is 72.1 Å². The smallest absolute Gasteiger partial charge is 0.0864 e. The van der Waals surface area contributed by atoms with Gasteiger partial charge in [-0.1, -0.05) is 41.5 Å². The van der Waals surface area contributed by atoms with Crippen LogP contribution in [0.25, 0.3) is 22.3 Å². The number of fused-ring (bicyclic) bond motifs is 8. The number of thiocarbonyl (C=S) groups is 1. The Labute approximate surface area is 261 Å². The van der Waals surface area contributed by atoms with Gasteiger partial charge in [-0.3, -0.25) is 0 Å². The van der Waals surface area contributed by atoms with Crippen molar-refractivity contribution in [2.75, 3.05) is 0 Å². The van der Waals surface area contributed by atoms with Crippen LogP contribution in [-0.4, -0.2) is 30.7 Å². The van der Waals surface area contributed by atoms with Crippen LogP contribution >= 0.6 is 12.2 Å². The summed E-state index contributed by atoms with van der Waals surface area (Å²) in [5.41, 5.74) is 14.0. The molecule has 5 rings (SSSR count). The van der Waals surface area contributed by atoms with Gasteiger partial charge < -0.3 is 19.5 Å². The molecule has 3 N–H and O–H groups in total. The van der Waals surface area contributed by atoms with Crippen LogP contribution in [0.4, 0.5) is 0 Å². The van der Waals surface area contributed by atoms with Gasteiger partial charge >= 0.3 is 0 Å². The molecule has 1 unspecified atom stereocenters. The Kier molecular flexibility index (Phi) is 9.29. The minimum atomic E-state index is -0.151. The Morgan fingerprint density at radius 3 is 1.81 bits per heavy atom. The lowest BCUT2D eigenvalue weighted by Gasteiger charge is -2.15. The van der Waals surface area contributed by atoms with E-state index in [1.54, 1.807) is 0 Å². The maximum atomic E-state index is 5.19. The number of rotatable bonds is 9.